The maximum atomic E-state index is 9.70. The van der Waals surface area contributed by atoms with Crippen LogP contribution in [0.3, 0.4) is 0 Å². The molecule has 25 heavy (non-hydrogen) atoms. The molecule has 1 aromatic carbocycles. The Morgan fingerprint density at radius 1 is 1.24 bits per heavy atom. The van der Waals surface area contributed by atoms with Crippen LogP contribution in [0.2, 0.25) is 0 Å². The van der Waals surface area contributed by atoms with Crippen molar-refractivity contribution >= 4 is 17.0 Å². The fourth-order valence-electron chi connectivity index (χ4n) is 2.65. The number of nitrogens with zero attached hydrogens (tertiary/aromatic N) is 5. The Kier molecular flexibility index (Phi) is 4.94. The maximum Gasteiger partial charge on any atom is 0.225 e. The van der Waals surface area contributed by atoms with Crippen molar-refractivity contribution in [2.45, 2.75) is 32.6 Å². The van der Waals surface area contributed by atoms with Crippen LogP contribution >= 0.6 is 0 Å². The number of oxazole rings is 1. The first-order valence-corrected chi connectivity index (χ1v) is 8.44. The number of anilines is 1. The zero-order valence-electron chi connectivity index (χ0n) is 14.7. The number of hydrogen-bond acceptors (Lipinski definition) is 6. The van der Waals surface area contributed by atoms with E-state index in [9.17, 15) is 5.26 Å². The van der Waals surface area contributed by atoms with Crippen LogP contribution in [0, 0.1) is 18.3 Å². The summed E-state index contributed by atoms with van der Waals surface area (Å²) in [6.07, 6.45) is 2.17. The van der Waals surface area contributed by atoms with E-state index in [0.29, 0.717) is 23.1 Å². The molecule has 0 aliphatic rings. The zero-order chi connectivity index (χ0) is 17.8. The summed E-state index contributed by atoms with van der Waals surface area (Å²) >= 11 is 0. The molecule has 3 rings (SSSR count). The summed E-state index contributed by atoms with van der Waals surface area (Å²) in [6.45, 7) is 4.93. The summed E-state index contributed by atoms with van der Waals surface area (Å²) in [5.41, 5.74) is 2.84. The maximum absolute atomic E-state index is 9.70. The molecule has 6 heteroatoms. The highest BCUT2D eigenvalue weighted by Crippen LogP contribution is 2.27. The van der Waals surface area contributed by atoms with E-state index in [1.807, 2.05) is 49.2 Å². The number of aromatic nitrogens is 3. The highest BCUT2D eigenvalue weighted by atomic mass is 16.3. The predicted octanol–water partition coefficient (Wildman–Crippen LogP) is 3.82. The first kappa shape index (κ1) is 16.9. The lowest BCUT2D eigenvalue weighted by Crippen LogP contribution is -2.22. The smallest absolute Gasteiger partial charge is 0.225 e. The summed E-state index contributed by atoms with van der Waals surface area (Å²) < 4.78 is 5.77. The van der Waals surface area contributed by atoms with Crippen LogP contribution in [0.25, 0.3) is 11.1 Å². The Morgan fingerprint density at radius 2 is 2.04 bits per heavy atom. The normalized spacial score (nSPS) is 12.1. The molecule has 0 radical (unpaired) electrons. The molecule has 0 spiro atoms. The third-order valence-electron chi connectivity index (χ3n) is 4.03. The topological polar surface area (TPSA) is 78.8 Å². The number of aryl methyl sites for hydroxylation is 1. The van der Waals surface area contributed by atoms with Crippen LogP contribution in [-0.4, -0.2) is 28.5 Å². The molecule has 128 valence electrons. The lowest BCUT2D eigenvalue weighted by Gasteiger charge is -2.18. The van der Waals surface area contributed by atoms with E-state index >= 15 is 0 Å². The summed E-state index contributed by atoms with van der Waals surface area (Å²) in [5, 5.41) is 9.70. The van der Waals surface area contributed by atoms with Crippen molar-refractivity contribution in [1.29, 1.82) is 5.26 Å². The SMILES string of the molecule is CCCCN(C)c1nc(C)cc(C(C#N)c2nc3ccccc3o2)n1. The van der Waals surface area contributed by atoms with Gasteiger partial charge in [0.1, 0.15) is 5.52 Å². The molecule has 0 N–H and O–H groups in total. The van der Waals surface area contributed by atoms with Crippen LogP contribution in [0.1, 0.15) is 43.0 Å². The average Bonchev–Trinajstić information content (AvgIpc) is 3.03. The van der Waals surface area contributed by atoms with Gasteiger partial charge in [-0.2, -0.15) is 5.26 Å². The fourth-order valence-corrected chi connectivity index (χ4v) is 2.65. The second kappa shape index (κ2) is 7.31. The first-order chi connectivity index (χ1) is 12.1. The molecular formula is C19H21N5O. The van der Waals surface area contributed by atoms with Crippen LogP contribution in [0.4, 0.5) is 5.95 Å². The minimum atomic E-state index is -0.660. The summed E-state index contributed by atoms with van der Waals surface area (Å²) in [4.78, 5) is 15.6. The minimum absolute atomic E-state index is 0.365. The van der Waals surface area contributed by atoms with Gasteiger partial charge in [0.2, 0.25) is 11.8 Å². The molecule has 0 saturated heterocycles. The first-order valence-electron chi connectivity index (χ1n) is 8.44. The third kappa shape index (κ3) is 3.61. The fraction of sp³-hybridized carbons (Fsp3) is 0.368. The lowest BCUT2D eigenvalue weighted by molar-refractivity contribution is 0.525. The van der Waals surface area contributed by atoms with Gasteiger partial charge >= 0.3 is 0 Å². The number of unbranched alkanes of at least 4 members (excludes halogenated alkanes) is 1. The van der Waals surface area contributed by atoms with Gasteiger partial charge in [-0.25, -0.2) is 15.0 Å². The molecule has 1 atom stereocenters. The van der Waals surface area contributed by atoms with Gasteiger partial charge < -0.3 is 9.32 Å². The quantitative estimate of drug-likeness (QED) is 0.681. The number of hydrogen-bond donors (Lipinski definition) is 0. The van der Waals surface area contributed by atoms with E-state index in [2.05, 4.69) is 27.9 Å². The largest absolute Gasteiger partial charge is 0.439 e. The van der Waals surface area contributed by atoms with Crippen molar-refractivity contribution in [2.24, 2.45) is 0 Å². The molecule has 0 aliphatic carbocycles. The van der Waals surface area contributed by atoms with Gasteiger partial charge in [0.05, 0.1) is 11.8 Å². The van der Waals surface area contributed by atoms with E-state index in [1.165, 1.54) is 0 Å². The number of nitriles is 1. The molecule has 3 aromatic rings. The van der Waals surface area contributed by atoms with Crippen molar-refractivity contribution in [3.8, 4) is 6.07 Å². The van der Waals surface area contributed by atoms with Gasteiger partial charge in [0, 0.05) is 19.3 Å². The van der Waals surface area contributed by atoms with Crippen molar-refractivity contribution in [3.05, 3.63) is 47.6 Å². The Hall–Kier alpha value is -2.94. The molecule has 0 saturated carbocycles. The second-order valence-corrected chi connectivity index (χ2v) is 6.09. The number of para-hydroxylation sites is 2. The van der Waals surface area contributed by atoms with Crippen LogP contribution < -0.4 is 4.90 Å². The lowest BCUT2D eigenvalue weighted by atomic mass is 10.1. The molecule has 2 aromatic heterocycles. The summed E-state index contributed by atoms with van der Waals surface area (Å²) in [5.74, 6) is 0.330. The zero-order valence-corrected chi connectivity index (χ0v) is 14.7. The Morgan fingerprint density at radius 3 is 2.76 bits per heavy atom. The van der Waals surface area contributed by atoms with E-state index in [0.717, 1.165) is 30.6 Å². The monoisotopic (exact) mass is 335 g/mol. The average molecular weight is 335 g/mol. The molecular weight excluding hydrogens is 314 g/mol. The van der Waals surface area contributed by atoms with Gasteiger partial charge in [0.15, 0.2) is 11.5 Å². The minimum Gasteiger partial charge on any atom is -0.439 e. The second-order valence-electron chi connectivity index (χ2n) is 6.09. The molecule has 2 heterocycles. The van der Waals surface area contributed by atoms with Gasteiger partial charge in [-0.15, -0.1) is 0 Å². The molecule has 0 aliphatic heterocycles. The number of benzene rings is 1. The van der Waals surface area contributed by atoms with Crippen molar-refractivity contribution in [3.63, 3.8) is 0 Å². The Balaban J connectivity index is 1.98. The third-order valence-corrected chi connectivity index (χ3v) is 4.03. The standard InChI is InChI=1S/C19H21N5O/c1-4-5-10-24(3)19-21-13(2)11-16(23-19)14(12-20)18-22-15-8-6-7-9-17(15)25-18/h6-9,11,14H,4-5,10H2,1-3H3. The van der Waals surface area contributed by atoms with Gasteiger partial charge in [-0.05, 0) is 31.5 Å². The van der Waals surface area contributed by atoms with Crippen LogP contribution in [0.15, 0.2) is 34.7 Å². The molecule has 6 nitrogen and oxygen atoms in total. The van der Waals surface area contributed by atoms with E-state index < -0.39 is 5.92 Å². The summed E-state index contributed by atoms with van der Waals surface area (Å²) in [6, 6.07) is 11.6. The Bertz CT molecular complexity index is 879. The van der Waals surface area contributed by atoms with E-state index in [1.54, 1.807) is 0 Å². The summed E-state index contributed by atoms with van der Waals surface area (Å²) in [7, 11) is 1.97. The molecule has 1 unspecified atom stereocenters. The molecule has 0 fully saturated rings. The van der Waals surface area contributed by atoms with Crippen molar-refractivity contribution in [2.75, 3.05) is 18.5 Å². The highest BCUT2D eigenvalue weighted by Gasteiger charge is 2.23. The van der Waals surface area contributed by atoms with Gasteiger partial charge in [-0.3, -0.25) is 0 Å². The van der Waals surface area contributed by atoms with Gasteiger partial charge in [0.25, 0.3) is 0 Å². The van der Waals surface area contributed by atoms with Gasteiger partial charge in [-0.1, -0.05) is 25.5 Å². The van der Waals surface area contributed by atoms with E-state index in [4.69, 9.17) is 4.42 Å². The van der Waals surface area contributed by atoms with Crippen LogP contribution in [-0.2, 0) is 0 Å². The predicted molar refractivity (Wildman–Crippen MR) is 96.4 cm³/mol. The van der Waals surface area contributed by atoms with Crippen molar-refractivity contribution < 1.29 is 4.42 Å². The number of fused-ring (bicyclic) bond motifs is 1. The molecule has 0 amide bonds. The number of rotatable bonds is 6. The Labute approximate surface area is 147 Å². The molecule has 0 bridgehead atoms. The van der Waals surface area contributed by atoms with Crippen LogP contribution in [0.5, 0.6) is 0 Å². The highest BCUT2D eigenvalue weighted by molar-refractivity contribution is 5.72. The van der Waals surface area contributed by atoms with E-state index in [-0.39, 0.29) is 0 Å². The van der Waals surface area contributed by atoms with Crippen molar-refractivity contribution in [1.82, 2.24) is 15.0 Å².